The summed E-state index contributed by atoms with van der Waals surface area (Å²) >= 11 is 2.13. The van der Waals surface area contributed by atoms with E-state index in [9.17, 15) is 19.1 Å². The SMILES string of the molecule is CCCCC(=O)N(Cc1ccc(F)cc1)C1CC(C(=O)NCCO)=CC(Oc2ccccc2I)C1O. The van der Waals surface area contributed by atoms with Crippen LogP contribution in [0.25, 0.3) is 0 Å². The molecule has 2 aromatic rings. The number of amides is 2. The molecular weight excluding hydrogens is 578 g/mol. The van der Waals surface area contributed by atoms with Gasteiger partial charge >= 0.3 is 0 Å². The maximum atomic E-state index is 13.5. The van der Waals surface area contributed by atoms with Crippen molar-refractivity contribution in [2.24, 2.45) is 0 Å². The Morgan fingerprint density at radius 2 is 1.92 bits per heavy atom. The standard InChI is InChI=1S/C27H32FIN2O5/c1-2-3-8-25(33)31(17-18-9-11-20(28)12-10-18)22-15-19(27(35)30-13-14-32)16-24(26(22)34)36-23-7-5-4-6-21(23)29/h4-7,9-12,16,22,24,26,32,34H,2-3,8,13-15,17H2,1H3,(H,30,35). The summed E-state index contributed by atoms with van der Waals surface area (Å²) in [5.41, 5.74) is 1.08. The predicted octanol–water partition coefficient (Wildman–Crippen LogP) is 3.56. The summed E-state index contributed by atoms with van der Waals surface area (Å²) < 4.78 is 20.5. The van der Waals surface area contributed by atoms with E-state index in [1.54, 1.807) is 29.2 Å². The van der Waals surface area contributed by atoms with Crippen LogP contribution >= 0.6 is 22.6 Å². The van der Waals surface area contributed by atoms with Gasteiger partial charge in [0.05, 0.1) is 16.2 Å². The number of rotatable bonds is 11. The molecular formula is C27H32FIN2O5. The Hall–Kier alpha value is -2.50. The van der Waals surface area contributed by atoms with Gasteiger partial charge in [-0.15, -0.1) is 0 Å². The topological polar surface area (TPSA) is 99.1 Å². The van der Waals surface area contributed by atoms with Gasteiger partial charge in [-0.3, -0.25) is 9.59 Å². The third-order valence-electron chi connectivity index (χ3n) is 6.05. The Kier molecular flexibility index (Phi) is 10.7. The highest BCUT2D eigenvalue weighted by molar-refractivity contribution is 14.1. The molecule has 7 nitrogen and oxygen atoms in total. The van der Waals surface area contributed by atoms with Gasteiger partial charge in [-0.1, -0.05) is 37.6 Å². The molecule has 0 saturated heterocycles. The first kappa shape index (κ1) is 28.1. The normalized spacial score (nSPS) is 19.4. The van der Waals surface area contributed by atoms with E-state index in [2.05, 4.69) is 27.9 Å². The van der Waals surface area contributed by atoms with Crippen LogP contribution in [0, 0.1) is 9.39 Å². The van der Waals surface area contributed by atoms with Gasteiger partial charge in [-0.25, -0.2) is 4.39 Å². The van der Waals surface area contributed by atoms with Crippen molar-refractivity contribution >= 4 is 34.4 Å². The fraction of sp³-hybridized carbons (Fsp3) is 0.407. The number of para-hydroxylation sites is 1. The number of hydrogen-bond acceptors (Lipinski definition) is 5. The van der Waals surface area contributed by atoms with Crippen molar-refractivity contribution in [1.29, 1.82) is 0 Å². The first-order valence-corrected chi connectivity index (χ1v) is 13.1. The fourth-order valence-electron chi connectivity index (χ4n) is 4.11. The number of nitrogens with zero attached hydrogens (tertiary/aromatic N) is 1. The molecule has 0 heterocycles. The maximum absolute atomic E-state index is 13.5. The molecule has 3 N–H and O–H groups in total. The molecule has 0 spiro atoms. The second-order valence-corrected chi connectivity index (χ2v) is 9.86. The summed E-state index contributed by atoms with van der Waals surface area (Å²) in [6.45, 7) is 2.02. The second kappa shape index (κ2) is 13.7. The summed E-state index contributed by atoms with van der Waals surface area (Å²) in [6.07, 6.45) is 1.51. The lowest BCUT2D eigenvalue weighted by molar-refractivity contribution is -0.139. The molecule has 1 aliphatic rings. The number of benzene rings is 2. The van der Waals surface area contributed by atoms with Gasteiger partial charge in [0.15, 0.2) is 0 Å². The lowest BCUT2D eigenvalue weighted by Crippen LogP contribution is -2.54. The van der Waals surface area contributed by atoms with Crippen LogP contribution in [0.4, 0.5) is 4.39 Å². The van der Waals surface area contributed by atoms with Crippen LogP contribution in [-0.2, 0) is 16.1 Å². The molecule has 36 heavy (non-hydrogen) atoms. The highest BCUT2D eigenvalue weighted by atomic mass is 127. The Bertz CT molecular complexity index is 1060. The zero-order valence-corrected chi connectivity index (χ0v) is 22.4. The summed E-state index contributed by atoms with van der Waals surface area (Å²) in [5.74, 6) is -0.371. The molecule has 3 unspecified atom stereocenters. The van der Waals surface area contributed by atoms with Gasteiger partial charge in [0.2, 0.25) is 11.8 Å². The van der Waals surface area contributed by atoms with Crippen LogP contribution in [0.5, 0.6) is 5.75 Å². The molecule has 0 bridgehead atoms. The van der Waals surface area contributed by atoms with Crippen LogP contribution in [0.3, 0.4) is 0 Å². The molecule has 0 aliphatic heterocycles. The maximum Gasteiger partial charge on any atom is 0.247 e. The first-order valence-electron chi connectivity index (χ1n) is 12.1. The Morgan fingerprint density at radius 3 is 2.58 bits per heavy atom. The number of carbonyl (C=O) groups is 2. The predicted molar refractivity (Wildman–Crippen MR) is 143 cm³/mol. The smallest absolute Gasteiger partial charge is 0.247 e. The lowest BCUT2D eigenvalue weighted by atomic mass is 9.87. The van der Waals surface area contributed by atoms with Crippen molar-refractivity contribution in [3.63, 3.8) is 0 Å². The van der Waals surface area contributed by atoms with E-state index in [0.29, 0.717) is 29.7 Å². The van der Waals surface area contributed by atoms with Gasteiger partial charge in [-0.05, 0) is 64.9 Å². The monoisotopic (exact) mass is 610 g/mol. The van der Waals surface area contributed by atoms with E-state index >= 15 is 0 Å². The molecule has 9 heteroatoms. The molecule has 2 aromatic carbocycles. The van der Waals surface area contributed by atoms with Gasteiger partial charge in [0.25, 0.3) is 0 Å². The van der Waals surface area contributed by atoms with Crippen molar-refractivity contribution in [3.05, 3.63) is 75.1 Å². The van der Waals surface area contributed by atoms with Gasteiger partial charge in [0, 0.05) is 31.5 Å². The summed E-state index contributed by atoms with van der Waals surface area (Å²) in [6, 6.07) is 12.5. The molecule has 3 atom stereocenters. The average molecular weight is 610 g/mol. The third-order valence-corrected chi connectivity index (χ3v) is 6.94. The van der Waals surface area contributed by atoms with E-state index < -0.39 is 18.2 Å². The molecule has 0 aromatic heterocycles. The van der Waals surface area contributed by atoms with Crippen LogP contribution in [0.15, 0.2) is 60.2 Å². The molecule has 2 amide bonds. The minimum Gasteiger partial charge on any atom is -0.482 e. The van der Waals surface area contributed by atoms with Gasteiger partial charge in [-0.2, -0.15) is 0 Å². The third kappa shape index (κ3) is 7.50. The first-order chi connectivity index (χ1) is 17.3. The van der Waals surface area contributed by atoms with Crippen molar-refractivity contribution in [2.45, 2.75) is 57.4 Å². The number of nitrogens with one attached hydrogen (secondary N) is 1. The number of hydrogen-bond donors (Lipinski definition) is 3. The van der Waals surface area contributed by atoms with Crippen molar-refractivity contribution in [2.75, 3.05) is 13.2 Å². The van der Waals surface area contributed by atoms with E-state index in [4.69, 9.17) is 9.84 Å². The number of carbonyl (C=O) groups excluding carboxylic acids is 2. The molecule has 0 fully saturated rings. The molecule has 3 rings (SSSR count). The fourth-order valence-corrected chi connectivity index (χ4v) is 4.63. The van der Waals surface area contributed by atoms with Crippen LogP contribution in [0.2, 0.25) is 0 Å². The molecule has 194 valence electrons. The molecule has 0 saturated carbocycles. The quantitative estimate of drug-likeness (QED) is 0.338. The molecule has 1 aliphatic carbocycles. The zero-order valence-electron chi connectivity index (χ0n) is 20.2. The Balaban J connectivity index is 1.96. The second-order valence-electron chi connectivity index (χ2n) is 8.70. The minimum absolute atomic E-state index is 0.0836. The highest BCUT2D eigenvalue weighted by Crippen LogP contribution is 2.31. The van der Waals surface area contributed by atoms with Crippen LogP contribution in [-0.4, -0.2) is 58.3 Å². The summed E-state index contributed by atoms with van der Waals surface area (Å²) in [4.78, 5) is 27.8. The van der Waals surface area contributed by atoms with Crippen LogP contribution in [0.1, 0.15) is 38.2 Å². The van der Waals surface area contributed by atoms with Crippen LogP contribution < -0.4 is 10.1 Å². The summed E-state index contributed by atoms with van der Waals surface area (Å²) in [5, 5.41) is 23.2. The van der Waals surface area contributed by atoms with Crippen molar-refractivity contribution in [3.8, 4) is 5.75 Å². The van der Waals surface area contributed by atoms with E-state index in [0.717, 1.165) is 9.99 Å². The lowest BCUT2D eigenvalue weighted by Gasteiger charge is -2.40. The zero-order chi connectivity index (χ0) is 26.1. The minimum atomic E-state index is -1.11. The number of aliphatic hydroxyl groups is 2. The van der Waals surface area contributed by atoms with Gasteiger partial charge < -0.3 is 25.2 Å². The highest BCUT2D eigenvalue weighted by Gasteiger charge is 2.40. The van der Waals surface area contributed by atoms with Crippen molar-refractivity contribution in [1.82, 2.24) is 10.2 Å². The van der Waals surface area contributed by atoms with E-state index in [1.807, 2.05) is 25.1 Å². The Morgan fingerprint density at radius 1 is 1.19 bits per heavy atom. The number of halogens is 2. The van der Waals surface area contributed by atoms with Crippen molar-refractivity contribution < 1.29 is 28.9 Å². The van der Waals surface area contributed by atoms with E-state index in [1.165, 1.54) is 12.1 Å². The largest absolute Gasteiger partial charge is 0.482 e. The molecule has 0 radical (unpaired) electrons. The number of ether oxygens (including phenoxy) is 1. The average Bonchev–Trinajstić information content (AvgIpc) is 2.88. The Labute approximate surface area is 224 Å². The number of unbranched alkanes of at least 4 members (excludes halogenated alkanes) is 1. The summed E-state index contributed by atoms with van der Waals surface area (Å²) in [7, 11) is 0. The van der Waals surface area contributed by atoms with E-state index in [-0.39, 0.29) is 43.7 Å². The number of aliphatic hydroxyl groups excluding tert-OH is 2. The van der Waals surface area contributed by atoms with Gasteiger partial charge in [0.1, 0.15) is 23.8 Å².